The molecule has 1 aromatic carbocycles. The van der Waals surface area contributed by atoms with Crippen LogP contribution < -0.4 is 0 Å². The lowest BCUT2D eigenvalue weighted by Gasteiger charge is -1.96. The van der Waals surface area contributed by atoms with Crippen molar-refractivity contribution in [1.82, 2.24) is 24.7 Å². The summed E-state index contributed by atoms with van der Waals surface area (Å²) < 4.78 is 7.13. The minimum Gasteiger partial charge on any atom is -0.334 e. The Labute approximate surface area is 130 Å². The van der Waals surface area contributed by atoms with E-state index in [2.05, 4.69) is 20.3 Å². The predicted octanol–water partition coefficient (Wildman–Crippen LogP) is 3.02. The van der Waals surface area contributed by atoms with Crippen LogP contribution in [0.5, 0.6) is 0 Å². The van der Waals surface area contributed by atoms with Gasteiger partial charge in [0.2, 0.25) is 0 Å². The zero-order valence-corrected chi connectivity index (χ0v) is 12.1. The first-order chi connectivity index (χ1) is 10.8. The second-order valence-corrected chi connectivity index (χ2v) is 5.27. The summed E-state index contributed by atoms with van der Waals surface area (Å²) in [6.45, 7) is 0. The topological polar surface area (TPSA) is 69.1 Å². The summed E-state index contributed by atoms with van der Waals surface area (Å²) in [5, 5.41) is 12.5. The molecule has 0 saturated carbocycles. The zero-order chi connectivity index (χ0) is 14.9. The van der Waals surface area contributed by atoms with Gasteiger partial charge in [-0.25, -0.2) is 0 Å². The molecule has 0 aliphatic rings. The summed E-state index contributed by atoms with van der Waals surface area (Å²) >= 11 is 5.87. The van der Waals surface area contributed by atoms with Crippen molar-refractivity contribution < 1.29 is 4.52 Å². The number of halogens is 1. The first kappa shape index (κ1) is 13.0. The molecule has 0 unspecified atom stereocenters. The fraction of sp³-hybridized carbons (Fsp3) is 0.0667. The van der Waals surface area contributed by atoms with Crippen LogP contribution in [-0.4, -0.2) is 24.7 Å². The molecular formula is C15H10ClN5O. The summed E-state index contributed by atoms with van der Waals surface area (Å²) in [5.41, 5.74) is 2.66. The minimum atomic E-state index is 0.472. The Balaban J connectivity index is 1.61. The van der Waals surface area contributed by atoms with Crippen LogP contribution in [0, 0.1) is 0 Å². The lowest BCUT2D eigenvalue weighted by molar-refractivity contribution is 0.423. The Hall–Kier alpha value is -2.73. The number of rotatable bonds is 3. The lowest BCUT2D eigenvalue weighted by atomic mass is 10.1. The van der Waals surface area contributed by atoms with Crippen molar-refractivity contribution in [3.8, 4) is 11.5 Å². The highest BCUT2D eigenvalue weighted by molar-refractivity contribution is 6.30. The number of hydrogen-bond acceptors (Lipinski definition) is 5. The molecule has 0 aliphatic carbocycles. The monoisotopic (exact) mass is 311 g/mol. The molecule has 0 fully saturated rings. The van der Waals surface area contributed by atoms with Gasteiger partial charge in [0, 0.05) is 17.6 Å². The fourth-order valence-corrected chi connectivity index (χ4v) is 2.31. The Morgan fingerprint density at radius 3 is 2.82 bits per heavy atom. The van der Waals surface area contributed by atoms with Gasteiger partial charge in [0.25, 0.3) is 5.89 Å². The fourth-order valence-electron chi connectivity index (χ4n) is 2.18. The molecule has 4 aromatic rings. The van der Waals surface area contributed by atoms with Crippen molar-refractivity contribution in [2.45, 2.75) is 6.42 Å². The number of fused-ring (bicyclic) bond motifs is 1. The van der Waals surface area contributed by atoms with E-state index in [0.717, 1.165) is 16.8 Å². The molecule has 0 amide bonds. The lowest BCUT2D eigenvalue weighted by Crippen LogP contribution is -1.91. The Bertz CT molecular complexity index is 928. The van der Waals surface area contributed by atoms with Crippen LogP contribution in [0.1, 0.15) is 11.4 Å². The van der Waals surface area contributed by atoms with Gasteiger partial charge in [-0.1, -0.05) is 28.9 Å². The van der Waals surface area contributed by atoms with E-state index in [0.29, 0.717) is 23.2 Å². The first-order valence-corrected chi connectivity index (χ1v) is 7.02. The molecule has 0 spiro atoms. The molecule has 4 rings (SSSR count). The van der Waals surface area contributed by atoms with Crippen LogP contribution in [-0.2, 0) is 6.42 Å². The highest BCUT2D eigenvalue weighted by atomic mass is 35.5. The Morgan fingerprint density at radius 2 is 1.95 bits per heavy atom. The van der Waals surface area contributed by atoms with Gasteiger partial charge < -0.3 is 4.52 Å². The summed E-state index contributed by atoms with van der Waals surface area (Å²) in [6.07, 6.45) is 4.08. The van der Waals surface area contributed by atoms with Crippen molar-refractivity contribution in [1.29, 1.82) is 0 Å². The van der Waals surface area contributed by atoms with Crippen LogP contribution >= 0.6 is 11.6 Å². The number of aromatic nitrogens is 5. The summed E-state index contributed by atoms with van der Waals surface area (Å²) in [6, 6.07) is 11.3. The van der Waals surface area contributed by atoms with Crippen LogP contribution in [0.25, 0.3) is 17.1 Å². The number of nitrogens with zero attached hydrogens (tertiary/aromatic N) is 5. The molecule has 7 heteroatoms. The summed E-state index contributed by atoms with van der Waals surface area (Å²) in [7, 11) is 0. The molecule has 3 heterocycles. The molecule has 0 radical (unpaired) electrons. The van der Waals surface area contributed by atoms with E-state index in [4.69, 9.17) is 16.1 Å². The molecule has 0 N–H and O–H groups in total. The van der Waals surface area contributed by atoms with E-state index >= 15 is 0 Å². The van der Waals surface area contributed by atoms with E-state index in [9.17, 15) is 0 Å². The normalized spacial score (nSPS) is 11.1. The van der Waals surface area contributed by atoms with Gasteiger partial charge in [0.15, 0.2) is 11.5 Å². The Kier molecular flexibility index (Phi) is 3.08. The van der Waals surface area contributed by atoms with Crippen LogP contribution in [0.2, 0.25) is 5.02 Å². The van der Waals surface area contributed by atoms with E-state index < -0.39 is 0 Å². The first-order valence-electron chi connectivity index (χ1n) is 6.65. The number of benzene rings is 1. The smallest absolute Gasteiger partial charge is 0.259 e. The van der Waals surface area contributed by atoms with E-state index in [1.165, 1.54) is 0 Å². The maximum atomic E-state index is 5.87. The number of pyridine rings is 1. The molecule has 0 bridgehead atoms. The standard InChI is InChI=1S/C15H10ClN5O/c16-12-4-1-10(2-5-12)7-13-18-15(22-20-13)11-3-6-14-19-17-9-21(14)8-11/h1-6,8-9H,7H2. The largest absolute Gasteiger partial charge is 0.334 e. The highest BCUT2D eigenvalue weighted by Gasteiger charge is 2.10. The number of hydrogen-bond donors (Lipinski definition) is 0. The van der Waals surface area contributed by atoms with Crippen molar-refractivity contribution >= 4 is 17.2 Å². The molecule has 0 saturated heterocycles. The van der Waals surface area contributed by atoms with Crippen LogP contribution in [0.4, 0.5) is 0 Å². The average Bonchev–Trinajstić information content (AvgIpc) is 3.17. The maximum Gasteiger partial charge on any atom is 0.259 e. The predicted molar refractivity (Wildman–Crippen MR) is 80.5 cm³/mol. The van der Waals surface area contributed by atoms with Crippen molar-refractivity contribution in [3.63, 3.8) is 0 Å². The Morgan fingerprint density at radius 1 is 1.09 bits per heavy atom. The van der Waals surface area contributed by atoms with E-state index in [1.54, 1.807) is 10.7 Å². The maximum absolute atomic E-state index is 5.87. The third-order valence-corrected chi connectivity index (χ3v) is 3.53. The van der Waals surface area contributed by atoms with E-state index in [1.807, 2.05) is 42.6 Å². The van der Waals surface area contributed by atoms with E-state index in [-0.39, 0.29) is 0 Å². The van der Waals surface area contributed by atoms with Gasteiger partial charge in [0.05, 0.1) is 5.56 Å². The molecule has 22 heavy (non-hydrogen) atoms. The zero-order valence-electron chi connectivity index (χ0n) is 11.3. The van der Waals surface area contributed by atoms with Gasteiger partial charge in [-0.3, -0.25) is 4.40 Å². The van der Waals surface area contributed by atoms with Gasteiger partial charge in [0.1, 0.15) is 6.33 Å². The molecule has 3 aromatic heterocycles. The second-order valence-electron chi connectivity index (χ2n) is 4.83. The molecule has 6 nitrogen and oxygen atoms in total. The molecule has 108 valence electrons. The third kappa shape index (κ3) is 2.44. The van der Waals surface area contributed by atoms with Gasteiger partial charge in [-0.2, -0.15) is 4.98 Å². The summed E-state index contributed by atoms with van der Waals surface area (Å²) in [4.78, 5) is 4.42. The molecular weight excluding hydrogens is 302 g/mol. The SMILES string of the molecule is Clc1ccc(Cc2noc(-c3ccc4nncn4c3)n2)cc1. The third-order valence-electron chi connectivity index (χ3n) is 3.28. The minimum absolute atomic E-state index is 0.472. The molecule has 0 atom stereocenters. The van der Waals surface area contributed by atoms with Gasteiger partial charge in [-0.05, 0) is 29.8 Å². The van der Waals surface area contributed by atoms with Crippen molar-refractivity contribution in [2.75, 3.05) is 0 Å². The summed E-state index contributed by atoms with van der Waals surface area (Å²) in [5.74, 6) is 1.10. The van der Waals surface area contributed by atoms with Crippen LogP contribution in [0.3, 0.4) is 0 Å². The second kappa shape index (κ2) is 5.23. The quantitative estimate of drug-likeness (QED) is 0.581. The van der Waals surface area contributed by atoms with Crippen molar-refractivity contribution in [2.24, 2.45) is 0 Å². The average molecular weight is 312 g/mol. The molecule has 0 aliphatic heterocycles. The van der Waals surface area contributed by atoms with Crippen LogP contribution in [0.15, 0.2) is 53.4 Å². The van der Waals surface area contributed by atoms with Gasteiger partial charge in [-0.15, -0.1) is 10.2 Å². The van der Waals surface area contributed by atoms with Crippen molar-refractivity contribution in [3.05, 3.63) is 65.3 Å². The highest BCUT2D eigenvalue weighted by Crippen LogP contribution is 2.19. The van der Waals surface area contributed by atoms with Gasteiger partial charge >= 0.3 is 0 Å².